The lowest BCUT2D eigenvalue weighted by molar-refractivity contribution is -0.384. The lowest BCUT2D eigenvalue weighted by atomic mass is 9.86. The summed E-state index contributed by atoms with van der Waals surface area (Å²) in [7, 11) is 0. The van der Waals surface area contributed by atoms with Gasteiger partial charge in [0.1, 0.15) is 6.54 Å². The van der Waals surface area contributed by atoms with E-state index in [1.807, 2.05) is 0 Å². The molecule has 3 amide bonds. The third-order valence-electron chi connectivity index (χ3n) is 4.92. The lowest BCUT2D eigenvalue weighted by Crippen LogP contribution is -2.46. The van der Waals surface area contributed by atoms with Crippen molar-refractivity contribution in [1.82, 2.24) is 10.2 Å². The summed E-state index contributed by atoms with van der Waals surface area (Å²) in [6, 6.07) is 3.57. The molecular formula is C17H19N3O5. The van der Waals surface area contributed by atoms with Crippen LogP contribution in [0.3, 0.4) is 0 Å². The van der Waals surface area contributed by atoms with Gasteiger partial charge < -0.3 is 5.32 Å². The van der Waals surface area contributed by atoms with Gasteiger partial charge in [0, 0.05) is 18.2 Å². The Morgan fingerprint density at radius 1 is 1.24 bits per heavy atom. The number of carbonyl (C=O) groups is 3. The van der Waals surface area contributed by atoms with Gasteiger partial charge in [-0.25, -0.2) is 0 Å². The number of nitro benzene ring substituents is 1. The van der Waals surface area contributed by atoms with Crippen molar-refractivity contribution >= 4 is 23.4 Å². The number of nitro groups is 1. The van der Waals surface area contributed by atoms with Crippen LogP contribution in [0.4, 0.5) is 5.69 Å². The number of benzene rings is 1. The van der Waals surface area contributed by atoms with Crippen molar-refractivity contribution in [1.29, 1.82) is 0 Å². The van der Waals surface area contributed by atoms with Gasteiger partial charge >= 0.3 is 0 Å². The van der Waals surface area contributed by atoms with Gasteiger partial charge in [0.2, 0.25) is 5.91 Å². The Balaban J connectivity index is 1.71. The minimum absolute atomic E-state index is 0.0296. The smallest absolute Gasteiger partial charge is 0.270 e. The van der Waals surface area contributed by atoms with Crippen LogP contribution in [-0.2, 0) is 4.79 Å². The second-order valence-corrected chi connectivity index (χ2v) is 6.62. The second kappa shape index (κ2) is 6.62. The van der Waals surface area contributed by atoms with Gasteiger partial charge in [0.25, 0.3) is 17.5 Å². The van der Waals surface area contributed by atoms with Crippen molar-refractivity contribution in [2.24, 2.45) is 5.92 Å². The maximum absolute atomic E-state index is 12.4. The summed E-state index contributed by atoms with van der Waals surface area (Å²) in [4.78, 5) is 48.0. The molecule has 8 heteroatoms. The fraction of sp³-hybridized carbons (Fsp3) is 0.471. The van der Waals surface area contributed by atoms with Crippen LogP contribution in [0.25, 0.3) is 0 Å². The van der Waals surface area contributed by atoms with Crippen molar-refractivity contribution in [2.75, 3.05) is 6.54 Å². The average molecular weight is 345 g/mol. The molecule has 2 aliphatic rings. The zero-order valence-electron chi connectivity index (χ0n) is 13.9. The predicted octanol–water partition coefficient (Wildman–Crippen LogP) is 1.89. The maximum atomic E-state index is 12.4. The summed E-state index contributed by atoms with van der Waals surface area (Å²) in [6.07, 6.45) is 4.12. The maximum Gasteiger partial charge on any atom is 0.270 e. The highest BCUT2D eigenvalue weighted by molar-refractivity contribution is 6.22. The van der Waals surface area contributed by atoms with E-state index < -0.39 is 16.7 Å². The molecule has 8 nitrogen and oxygen atoms in total. The molecule has 132 valence electrons. The Kier molecular flexibility index (Phi) is 4.52. The first-order valence-corrected chi connectivity index (χ1v) is 8.32. The molecule has 25 heavy (non-hydrogen) atoms. The van der Waals surface area contributed by atoms with Crippen molar-refractivity contribution < 1.29 is 19.3 Å². The first kappa shape index (κ1) is 17.1. The summed E-state index contributed by atoms with van der Waals surface area (Å²) in [5, 5.41) is 13.7. The van der Waals surface area contributed by atoms with Crippen LogP contribution in [0.5, 0.6) is 0 Å². The van der Waals surface area contributed by atoms with Crippen molar-refractivity contribution in [2.45, 2.75) is 38.6 Å². The molecule has 3 rings (SSSR count). The highest BCUT2D eigenvalue weighted by atomic mass is 16.6. The molecule has 1 fully saturated rings. The van der Waals surface area contributed by atoms with Gasteiger partial charge in [-0.1, -0.05) is 19.8 Å². The van der Waals surface area contributed by atoms with E-state index >= 15 is 0 Å². The van der Waals surface area contributed by atoms with Gasteiger partial charge in [-0.15, -0.1) is 0 Å². The van der Waals surface area contributed by atoms with Crippen LogP contribution in [0, 0.1) is 16.0 Å². The van der Waals surface area contributed by atoms with E-state index in [-0.39, 0.29) is 35.3 Å². The molecule has 0 bridgehead atoms. The number of fused-ring (bicyclic) bond motifs is 1. The van der Waals surface area contributed by atoms with Crippen molar-refractivity contribution in [3.63, 3.8) is 0 Å². The molecule has 0 radical (unpaired) electrons. The van der Waals surface area contributed by atoms with Gasteiger partial charge in [0.15, 0.2) is 0 Å². The summed E-state index contributed by atoms with van der Waals surface area (Å²) in [5.74, 6) is -1.29. The molecular weight excluding hydrogens is 326 g/mol. The van der Waals surface area contributed by atoms with E-state index in [0.717, 1.165) is 36.6 Å². The standard InChI is InChI=1S/C17H19N3O5/c1-10-4-2-3-5-14(10)18-15(21)9-19-16(22)12-7-6-11(20(24)25)8-13(12)17(19)23/h6-8,10,14H,2-5,9H2,1H3,(H,18,21)/t10-,14-/m1/s1. The van der Waals surface area contributed by atoms with Crippen LogP contribution in [0.15, 0.2) is 18.2 Å². The highest BCUT2D eigenvalue weighted by Crippen LogP contribution is 2.27. The molecule has 0 unspecified atom stereocenters. The monoisotopic (exact) mass is 345 g/mol. The highest BCUT2D eigenvalue weighted by Gasteiger charge is 2.38. The number of imide groups is 1. The molecule has 0 aromatic heterocycles. The van der Waals surface area contributed by atoms with Crippen molar-refractivity contribution in [3.05, 3.63) is 39.4 Å². The summed E-state index contributed by atoms with van der Waals surface area (Å²) in [5.41, 5.74) is -0.199. The summed E-state index contributed by atoms with van der Waals surface area (Å²) < 4.78 is 0. The molecule has 1 aromatic carbocycles. The molecule has 1 aliphatic carbocycles. The normalized spacial score (nSPS) is 22.7. The predicted molar refractivity (Wildman–Crippen MR) is 88.0 cm³/mol. The molecule has 1 saturated carbocycles. The fourth-order valence-corrected chi connectivity index (χ4v) is 3.46. The molecule has 1 heterocycles. The van der Waals surface area contributed by atoms with E-state index in [0.29, 0.717) is 5.92 Å². The van der Waals surface area contributed by atoms with E-state index in [1.54, 1.807) is 0 Å². The largest absolute Gasteiger partial charge is 0.352 e. The van der Waals surface area contributed by atoms with Gasteiger partial charge in [-0.2, -0.15) is 0 Å². The fourth-order valence-electron chi connectivity index (χ4n) is 3.46. The third-order valence-corrected chi connectivity index (χ3v) is 4.92. The van der Waals surface area contributed by atoms with E-state index in [2.05, 4.69) is 12.2 Å². The summed E-state index contributed by atoms with van der Waals surface area (Å²) >= 11 is 0. The van der Waals surface area contributed by atoms with Crippen LogP contribution in [0.1, 0.15) is 53.3 Å². The number of non-ortho nitro benzene ring substituents is 1. The number of nitrogens with one attached hydrogen (secondary N) is 1. The van der Waals surface area contributed by atoms with Gasteiger partial charge in [0.05, 0.1) is 16.1 Å². The Morgan fingerprint density at radius 2 is 1.92 bits per heavy atom. The number of nitrogens with zero attached hydrogens (tertiary/aromatic N) is 2. The number of hydrogen-bond donors (Lipinski definition) is 1. The Hall–Kier alpha value is -2.77. The van der Waals surface area contributed by atoms with Gasteiger partial charge in [-0.05, 0) is 24.8 Å². The lowest BCUT2D eigenvalue weighted by Gasteiger charge is -2.30. The first-order valence-electron chi connectivity index (χ1n) is 8.32. The summed E-state index contributed by atoms with van der Waals surface area (Å²) in [6.45, 7) is 1.70. The van der Waals surface area contributed by atoms with Crippen LogP contribution >= 0.6 is 0 Å². The van der Waals surface area contributed by atoms with Crippen LogP contribution < -0.4 is 5.32 Å². The Labute approximate surface area is 144 Å². The number of rotatable bonds is 4. The van der Waals surface area contributed by atoms with E-state index in [4.69, 9.17) is 0 Å². The Bertz CT molecular complexity index is 761. The zero-order valence-corrected chi connectivity index (χ0v) is 13.9. The minimum Gasteiger partial charge on any atom is -0.352 e. The van der Waals surface area contributed by atoms with Gasteiger partial charge in [-0.3, -0.25) is 29.4 Å². The van der Waals surface area contributed by atoms with E-state index in [9.17, 15) is 24.5 Å². The second-order valence-electron chi connectivity index (χ2n) is 6.62. The molecule has 2 atom stereocenters. The molecule has 0 spiro atoms. The third kappa shape index (κ3) is 3.24. The van der Waals surface area contributed by atoms with Crippen LogP contribution in [0.2, 0.25) is 0 Å². The topological polar surface area (TPSA) is 110 Å². The molecule has 1 aromatic rings. The zero-order chi connectivity index (χ0) is 18.1. The van der Waals surface area contributed by atoms with Crippen molar-refractivity contribution in [3.8, 4) is 0 Å². The average Bonchev–Trinajstić information content (AvgIpc) is 2.81. The molecule has 1 N–H and O–H groups in total. The Morgan fingerprint density at radius 3 is 2.60 bits per heavy atom. The van der Waals surface area contributed by atoms with Crippen LogP contribution in [-0.4, -0.2) is 40.1 Å². The minimum atomic E-state index is -0.671. The number of hydrogen-bond acceptors (Lipinski definition) is 5. The number of amides is 3. The SMILES string of the molecule is C[C@@H]1CCCC[C@H]1NC(=O)CN1C(=O)c2ccc([N+](=O)[O-])cc2C1=O. The molecule has 1 aliphatic heterocycles. The molecule has 0 saturated heterocycles. The first-order chi connectivity index (χ1) is 11.9. The number of carbonyl (C=O) groups excluding carboxylic acids is 3. The quantitative estimate of drug-likeness (QED) is 0.509. The van der Waals surface area contributed by atoms with E-state index in [1.165, 1.54) is 12.1 Å².